The molecule has 0 aromatic heterocycles. The quantitative estimate of drug-likeness (QED) is 0.758. The summed E-state index contributed by atoms with van der Waals surface area (Å²) in [4.78, 5) is 0. The monoisotopic (exact) mass is 265 g/mol. The molecular formula is C9H7BrF3N. The van der Waals surface area contributed by atoms with Crippen molar-refractivity contribution in [1.82, 2.24) is 0 Å². The summed E-state index contributed by atoms with van der Waals surface area (Å²) in [5.74, 6) is 0. The van der Waals surface area contributed by atoms with Crippen LogP contribution in [0.25, 0.3) is 0 Å². The van der Waals surface area contributed by atoms with Crippen molar-refractivity contribution in [2.75, 3.05) is 11.9 Å². The smallest absolute Gasteiger partial charge is 0.384 e. The average molecular weight is 266 g/mol. The summed E-state index contributed by atoms with van der Waals surface area (Å²) in [6.45, 7) is 0.704. The highest BCUT2D eigenvalue weighted by molar-refractivity contribution is 9.10. The molecule has 0 atom stereocenters. The van der Waals surface area contributed by atoms with Crippen molar-refractivity contribution in [1.29, 1.82) is 0 Å². The Morgan fingerprint density at radius 2 is 2.00 bits per heavy atom. The normalized spacial score (nSPS) is 15.1. The number of nitrogens with one attached hydrogen (secondary N) is 1. The molecule has 76 valence electrons. The lowest BCUT2D eigenvalue weighted by molar-refractivity contribution is -0.138. The molecule has 2 rings (SSSR count). The fraction of sp³-hybridized carbons (Fsp3) is 0.333. The first-order valence-corrected chi connectivity index (χ1v) is 4.92. The van der Waals surface area contributed by atoms with Crippen molar-refractivity contribution in [3.8, 4) is 0 Å². The third-order valence-electron chi connectivity index (χ3n) is 2.23. The van der Waals surface area contributed by atoms with Gasteiger partial charge in [0, 0.05) is 6.54 Å². The van der Waals surface area contributed by atoms with E-state index in [2.05, 4.69) is 21.2 Å². The van der Waals surface area contributed by atoms with E-state index in [1.165, 1.54) is 6.07 Å². The maximum atomic E-state index is 12.5. The van der Waals surface area contributed by atoms with Crippen LogP contribution in [-0.2, 0) is 12.6 Å². The SMILES string of the molecule is FC(F)(F)c1ccc2c(c1Br)NCC2. The lowest BCUT2D eigenvalue weighted by Crippen LogP contribution is -2.07. The maximum Gasteiger partial charge on any atom is 0.417 e. The highest BCUT2D eigenvalue weighted by Gasteiger charge is 2.34. The summed E-state index contributed by atoms with van der Waals surface area (Å²) in [5.41, 5.74) is 0.898. The van der Waals surface area contributed by atoms with Gasteiger partial charge in [-0.1, -0.05) is 6.07 Å². The largest absolute Gasteiger partial charge is 0.417 e. The molecule has 0 unspecified atom stereocenters. The van der Waals surface area contributed by atoms with E-state index in [1.807, 2.05) is 0 Å². The van der Waals surface area contributed by atoms with Crippen molar-refractivity contribution < 1.29 is 13.2 Å². The molecule has 1 aliphatic heterocycles. The predicted octanol–water partition coefficient (Wildman–Crippen LogP) is 3.44. The zero-order chi connectivity index (χ0) is 10.3. The maximum absolute atomic E-state index is 12.5. The first-order valence-electron chi connectivity index (χ1n) is 4.12. The number of benzene rings is 1. The highest BCUT2D eigenvalue weighted by Crippen LogP contribution is 2.41. The molecule has 0 radical (unpaired) electrons. The topological polar surface area (TPSA) is 12.0 Å². The minimum absolute atomic E-state index is 0.125. The third-order valence-corrected chi connectivity index (χ3v) is 3.05. The number of rotatable bonds is 0. The minimum atomic E-state index is -4.29. The van der Waals surface area contributed by atoms with Crippen LogP contribution in [0.2, 0.25) is 0 Å². The van der Waals surface area contributed by atoms with Crippen LogP contribution in [-0.4, -0.2) is 6.54 Å². The second-order valence-electron chi connectivity index (χ2n) is 3.14. The number of hydrogen-bond donors (Lipinski definition) is 1. The van der Waals surface area contributed by atoms with Gasteiger partial charge >= 0.3 is 6.18 Å². The molecule has 0 spiro atoms. The number of hydrogen-bond acceptors (Lipinski definition) is 1. The van der Waals surface area contributed by atoms with Crippen LogP contribution < -0.4 is 5.32 Å². The lowest BCUT2D eigenvalue weighted by Gasteiger charge is -2.12. The van der Waals surface area contributed by atoms with E-state index < -0.39 is 11.7 Å². The Bertz CT molecular complexity index is 373. The van der Waals surface area contributed by atoms with Gasteiger partial charge in [0.1, 0.15) is 0 Å². The Morgan fingerprint density at radius 3 is 2.64 bits per heavy atom. The molecule has 0 saturated heterocycles. The summed E-state index contributed by atoms with van der Waals surface area (Å²) in [5, 5.41) is 2.93. The Balaban J connectivity index is 2.56. The molecule has 0 saturated carbocycles. The molecule has 0 amide bonds. The zero-order valence-corrected chi connectivity index (χ0v) is 8.67. The Labute approximate surface area is 87.4 Å². The molecule has 1 heterocycles. The van der Waals surface area contributed by atoms with E-state index in [0.717, 1.165) is 18.1 Å². The molecule has 0 bridgehead atoms. The fourth-order valence-electron chi connectivity index (χ4n) is 1.56. The van der Waals surface area contributed by atoms with E-state index in [1.54, 1.807) is 0 Å². The molecule has 0 aliphatic carbocycles. The van der Waals surface area contributed by atoms with Gasteiger partial charge in [-0.25, -0.2) is 0 Å². The molecule has 1 aromatic carbocycles. The second kappa shape index (κ2) is 3.15. The summed E-state index contributed by atoms with van der Waals surface area (Å²) < 4.78 is 37.5. The van der Waals surface area contributed by atoms with Crippen molar-refractivity contribution in [2.45, 2.75) is 12.6 Å². The molecule has 0 fully saturated rings. The molecule has 14 heavy (non-hydrogen) atoms. The van der Waals surface area contributed by atoms with Crippen LogP contribution in [0.15, 0.2) is 16.6 Å². The van der Waals surface area contributed by atoms with Gasteiger partial charge < -0.3 is 5.32 Å². The first-order chi connectivity index (χ1) is 6.50. The fourth-order valence-corrected chi connectivity index (χ4v) is 2.31. The minimum Gasteiger partial charge on any atom is -0.384 e. The van der Waals surface area contributed by atoms with Crippen molar-refractivity contribution >= 4 is 21.6 Å². The van der Waals surface area contributed by atoms with Crippen LogP contribution in [0.4, 0.5) is 18.9 Å². The molecule has 1 aromatic rings. The highest BCUT2D eigenvalue weighted by atomic mass is 79.9. The van der Waals surface area contributed by atoms with E-state index in [-0.39, 0.29) is 4.47 Å². The number of alkyl halides is 3. The van der Waals surface area contributed by atoms with Crippen molar-refractivity contribution in [2.24, 2.45) is 0 Å². The Kier molecular flexibility index (Phi) is 2.21. The van der Waals surface area contributed by atoms with E-state index in [9.17, 15) is 13.2 Å². The van der Waals surface area contributed by atoms with Crippen LogP contribution in [0, 0.1) is 0 Å². The third kappa shape index (κ3) is 1.49. The van der Waals surface area contributed by atoms with Gasteiger partial charge in [0.15, 0.2) is 0 Å². The molecule has 1 N–H and O–H groups in total. The van der Waals surface area contributed by atoms with Gasteiger partial charge in [0.25, 0.3) is 0 Å². The lowest BCUT2D eigenvalue weighted by atomic mass is 10.1. The van der Waals surface area contributed by atoms with Crippen molar-refractivity contribution in [3.05, 3.63) is 27.7 Å². The van der Waals surface area contributed by atoms with Gasteiger partial charge in [-0.2, -0.15) is 13.2 Å². The summed E-state index contributed by atoms with van der Waals surface area (Å²) in [7, 11) is 0. The van der Waals surface area contributed by atoms with Gasteiger partial charge in [-0.3, -0.25) is 0 Å². The number of anilines is 1. The molecule has 1 aliphatic rings. The van der Waals surface area contributed by atoms with Crippen LogP contribution in [0.3, 0.4) is 0 Å². The average Bonchev–Trinajstić information content (AvgIpc) is 2.50. The number of halogens is 4. The van der Waals surface area contributed by atoms with Crippen molar-refractivity contribution in [3.63, 3.8) is 0 Å². The summed E-state index contributed by atoms with van der Waals surface area (Å²) in [6.07, 6.45) is -3.51. The summed E-state index contributed by atoms with van der Waals surface area (Å²) >= 11 is 2.99. The molecule has 1 nitrogen and oxygen atoms in total. The number of fused-ring (bicyclic) bond motifs is 1. The predicted molar refractivity (Wildman–Crippen MR) is 51.3 cm³/mol. The van der Waals surface area contributed by atoms with Gasteiger partial charge in [-0.15, -0.1) is 0 Å². The molecular weight excluding hydrogens is 259 g/mol. The zero-order valence-electron chi connectivity index (χ0n) is 7.08. The van der Waals surface area contributed by atoms with E-state index in [0.29, 0.717) is 12.2 Å². The Hall–Kier alpha value is -0.710. The van der Waals surface area contributed by atoms with Crippen LogP contribution in [0.5, 0.6) is 0 Å². The van der Waals surface area contributed by atoms with Gasteiger partial charge in [-0.05, 0) is 34.0 Å². The van der Waals surface area contributed by atoms with Gasteiger partial charge in [0.05, 0.1) is 15.7 Å². The standard InChI is InChI=1S/C9H7BrF3N/c10-7-6(9(11,12)13)2-1-5-3-4-14-8(5)7/h1-2,14H,3-4H2. The first kappa shape index (κ1) is 9.83. The van der Waals surface area contributed by atoms with E-state index >= 15 is 0 Å². The van der Waals surface area contributed by atoms with Gasteiger partial charge in [0.2, 0.25) is 0 Å². The summed E-state index contributed by atoms with van der Waals surface area (Å²) in [6, 6.07) is 2.65. The molecule has 5 heteroatoms. The van der Waals surface area contributed by atoms with E-state index in [4.69, 9.17) is 0 Å². The van der Waals surface area contributed by atoms with Crippen LogP contribution in [0.1, 0.15) is 11.1 Å². The second-order valence-corrected chi connectivity index (χ2v) is 3.93. The Morgan fingerprint density at radius 1 is 1.29 bits per heavy atom. The van der Waals surface area contributed by atoms with Crippen LogP contribution >= 0.6 is 15.9 Å².